The Kier molecular flexibility index (Phi) is 5.19. The molecule has 1 N–H and O–H groups in total. The molecule has 2 amide bonds. The quantitative estimate of drug-likeness (QED) is 0.759. The SMILES string of the molecule is CC1CN(c2nccc(C(F)(F)F)n2)CC1C1=NC2=CN(C3CCOCC3)CN2C(=O)N1. The summed E-state index contributed by atoms with van der Waals surface area (Å²) in [5.74, 6) is 1.05. The number of ether oxygens (including phenoxy) is 1. The number of amides is 2. The van der Waals surface area contributed by atoms with Crippen molar-refractivity contribution in [3.05, 3.63) is 30.0 Å². The van der Waals surface area contributed by atoms with Crippen molar-refractivity contribution in [1.82, 2.24) is 25.1 Å². The fourth-order valence-electron chi connectivity index (χ4n) is 4.64. The summed E-state index contributed by atoms with van der Waals surface area (Å²) in [5, 5.41) is 2.89. The van der Waals surface area contributed by atoms with Crippen molar-refractivity contribution in [1.29, 1.82) is 0 Å². The molecule has 0 spiro atoms. The van der Waals surface area contributed by atoms with Crippen LogP contribution in [0, 0.1) is 11.8 Å². The fraction of sp³-hybridized carbons (Fsp3) is 0.600. The predicted molar refractivity (Wildman–Crippen MR) is 108 cm³/mol. The van der Waals surface area contributed by atoms with Gasteiger partial charge in [-0.05, 0) is 24.8 Å². The number of aliphatic imine (C=N–C) groups is 1. The van der Waals surface area contributed by atoms with Crippen LogP contribution in [0.25, 0.3) is 0 Å². The van der Waals surface area contributed by atoms with Crippen LogP contribution in [0.15, 0.2) is 29.3 Å². The van der Waals surface area contributed by atoms with Gasteiger partial charge in [0.2, 0.25) is 5.95 Å². The summed E-state index contributed by atoms with van der Waals surface area (Å²) >= 11 is 0. The van der Waals surface area contributed by atoms with E-state index in [9.17, 15) is 18.0 Å². The van der Waals surface area contributed by atoms with E-state index in [1.165, 1.54) is 0 Å². The first-order valence-corrected chi connectivity index (χ1v) is 10.7. The van der Waals surface area contributed by atoms with Crippen molar-refractivity contribution in [2.24, 2.45) is 16.8 Å². The number of nitrogens with one attached hydrogen (secondary N) is 1. The normalized spacial score (nSPS) is 26.8. The molecular formula is C20H24F3N7O2. The number of halogens is 3. The van der Waals surface area contributed by atoms with E-state index in [2.05, 4.69) is 20.2 Å². The standard InChI is InChI=1S/C20H24F3N7O2/c1-12-8-28(18-24-5-2-15(25-18)20(21,22)23)9-14(12)17-26-16-10-29(11-30(16)19(31)27-17)13-3-6-32-7-4-13/h2,5,10,12-14H,3-4,6-9,11H2,1H3,(H,26,27,31). The lowest BCUT2D eigenvalue weighted by atomic mass is 9.96. The molecule has 172 valence electrons. The maximum Gasteiger partial charge on any atom is 0.433 e. The first kappa shape index (κ1) is 21.0. The van der Waals surface area contributed by atoms with Crippen LogP contribution in [0.5, 0.6) is 0 Å². The number of carbonyl (C=O) groups is 1. The Morgan fingerprint density at radius 2 is 2.00 bits per heavy atom. The van der Waals surface area contributed by atoms with Crippen LogP contribution >= 0.6 is 0 Å². The zero-order chi connectivity index (χ0) is 22.5. The number of aromatic nitrogens is 2. The molecule has 1 aromatic heterocycles. The summed E-state index contributed by atoms with van der Waals surface area (Å²) in [5.41, 5.74) is -0.970. The number of urea groups is 1. The summed E-state index contributed by atoms with van der Waals surface area (Å²) in [6, 6.07) is 0.932. The summed E-state index contributed by atoms with van der Waals surface area (Å²) in [7, 11) is 0. The summed E-state index contributed by atoms with van der Waals surface area (Å²) in [6.07, 6.45) is 0.318. The number of alkyl halides is 3. The summed E-state index contributed by atoms with van der Waals surface area (Å²) in [6.45, 7) is 4.69. The third kappa shape index (κ3) is 3.87. The fourth-order valence-corrected chi connectivity index (χ4v) is 4.64. The van der Waals surface area contributed by atoms with Crippen LogP contribution in [-0.2, 0) is 10.9 Å². The van der Waals surface area contributed by atoms with Gasteiger partial charge in [-0.15, -0.1) is 0 Å². The number of hydrogen-bond donors (Lipinski definition) is 1. The van der Waals surface area contributed by atoms with Crippen molar-refractivity contribution in [2.45, 2.75) is 32.0 Å². The zero-order valence-corrected chi connectivity index (χ0v) is 17.5. The minimum Gasteiger partial charge on any atom is -0.381 e. The highest BCUT2D eigenvalue weighted by Crippen LogP contribution is 2.33. The van der Waals surface area contributed by atoms with Crippen LogP contribution in [-0.4, -0.2) is 70.6 Å². The molecule has 0 aliphatic carbocycles. The third-order valence-corrected chi connectivity index (χ3v) is 6.42. The smallest absolute Gasteiger partial charge is 0.381 e. The minimum absolute atomic E-state index is 0.0318. The summed E-state index contributed by atoms with van der Waals surface area (Å²) in [4.78, 5) is 30.6. The van der Waals surface area contributed by atoms with E-state index < -0.39 is 11.9 Å². The van der Waals surface area contributed by atoms with Gasteiger partial charge in [0, 0.05) is 50.7 Å². The Balaban J connectivity index is 1.34. The molecule has 2 saturated heterocycles. The van der Waals surface area contributed by atoms with Gasteiger partial charge in [0.15, 0.2) is 5.82 Å². The van der Waals surface area contributed by atoms with Gasteiger partial charge in [0.25, 0.3) is 0 Å². The number of anilines is 1. The number of rotatable bonds is 3. The first-order chi connectivity index (χ1) is 15.3. The summed E-state index contributed by atoms with van der Waals surface area (Å²) < 4.78 is 44.5. The second-order valence-corrected chi connectivity index (χ2v) is 8.57. The molecule has 4 aliphatic rings. The van der Waals surface area contributed by atoms with Crippen molar-refractivity contribution in [3.8, 4) is 0 Å². The number of nitrogens with zero attached hydrogens (tertiary/aromatic N) is 6. The van der Waals surface area contributed by atoms with Crippen LogP contribution < -0.4 is 10.2 Å². The monoisotopic (exact) mass is 451 g/mol. The van der Waals surface area contributed by atoms with Crippen LogP contribution in [0.4, 0.5) is 23.9 Å². The van der Waals surface area contributed by atoms with Crippen molar-refractivity contribution >= 4 is 17.8 Å². The number of amidine groups is 1. The zero-order valence-electron chi connectivity index (χ0n) is 17.5. The minimum atomic E-state index is -4.53. The van der Waals surface area contributed by atoms with E-state index >= 15 is 0 Å². The van der Waals surface area contributed by atoms with E-state index in [1.54, 1.807) is 9.80 Å². The lowest BCUT2D eigenvalue weighted by Crippen LogP contribution is -2.50. The van der Waals surface area contributed by atoms with E-state index in [-0.39, 0.29) is 23.8 Å². The third-order valence-electron chi connectivity index (χ3n) is 6.42. The molecule has 1 aromatic rings. The second kappa shape index (κ2) is 7.91. The number of fused-ring (bicyclic) bond motifs is 1. The van der Waals surface area contributed by atoms with Gasteiger partial charge in [0.1, 0.15) is 18.2 Å². The molecule has 5 rings (SSSR count). The average Bonchev–Trinajstić information content (AvgIpc) is 3.38. The van der Waals surface area contributed by atoms with Gasteiger partial charge < -0.3 is 14.5 Å². The average molecular weight is 451 g/mol. The van der Waals surface area contributed by atoms with Gasteiger partial charge in [0.05, 0.1) is 0 Å². The molecule has 4 aliphatic heterocycles. The molecule has 0 radical (unpaired) electrons. The largest absolute Gasteiger partial charge is 0.433 e. The first-order valence-electron chi connectivity index (χ1n) is 10.7. The van der Waals surface area contributed by atoms with Gasteiger partial charge >= 0.3 is 12.2 Å². The maximum atomic E-state index is 13.0. The Bertz CT molecular complexity index is 961. The van der Waals surface area contributed by atoms with Crippen molar-refractivity contribution < 1.29 is 22.7 Å². The molecule has 2 atom stereocenters. The van der Waals surface area contributed by atoms with Crippen molar-refractivity contribution in [3.63, 3.8) is 0 Å². The highest BCUT2D eigenvalue weighted by Gasteiger charge is 2.41. The highest BCUT2D eigenvalue weighted by molar-refractivity contribution is 6.02. The Morgan fingerprint density at radius 1 is 1.22 bits per heavy atom. The Hall–Kier alpha value is -2.89. The molecular weight excluding hydrogens is 427 g/mol. The van der Waals surface area contributed by atoms with Gasteiger partial charge in [-0.1, -0.05) is 6.92 Å². The highest BCUT2D eigenvalue weighted by atomic mass is 19.4. The van der Waals surface area contributed by atoms with Crippen molar-refractivity contribution in [2.75, 3.05) is 37.9 Å². The molecule has 9 nitrogen and oxygen atoms in total. The van der Waals surface area contributed by atoms with E-state index in [0.29, 0.717) is 50.7 Å². The van der Waals surface area contributed by atoms with Gasteiger partial charge in [-0.2, -0.15) is 13.2 Å². The van der Waals surface area contributed by atoms with E-state index in [1.807, 2.05) is 13.1 Å². The molecule has 0 saturated carbocycles. The Labute approximate surface area is 182 Å². The van der Waals surface area contributed by atoms with Crippen LogP contribution in [0.2, 0.25) is 0 Å². The molecule has 32 heavy (non-hydrogen) atoms. The maximum absolute atomic E-state index is 13.0. The van der Waals surface area contributed by atoms with Crippen LogP contribution in [0.1, 0.15) is 25.5 Å². The molecule has 5 heterocycles. The molecule has 12 heteroatoms. The van der Waals surface area contributed by atoms with Gasteiger partial charge in [-0.25, -0.2) is 19.8 Å². The predicted octanol–water partition coefficient (Wildman–Crippen LogP) is 2.24. The lowest BCUT2D eigenvalue weighted by Gasteiger charge is -2.32. The molecule has 0 bridgehead atoms. The second-order valence-electron chi connectivity index (χ2n) is 8.57. The number of carbonyl (C=O) groups excluding carboxylic acids is 1. The molecule has 2 unspecified atom stereocenters. The lowest BCUT2D eigenvalue weighted by molar-refractivity contribution is -0.141. The van der Waals surface area contributed by atoms with Crippen LogP contribution in [0.3, 0.4) is 0 Å². The van der Waals surface area contributed by atoms with E-state index in [4.69, 9.17) is 9.73 Å². The number of hydrogen-bond acceptors (Lipinski definition) is 7. The molecule has 2 fully saturated rings. The Morgan fingerprint density at radius 3 is 2.75 bits per heavy atom. The van der Waals surface area contributed by atoms with E-state index in [0.717, 1.165) is 25.1 Å². The topological polar surface area (TPSA) is 86.2 Å². The van der Waals surface area contributed by atoms with Gasteiger partial charge in [-0.3, -0.25) is 10.2 Å². The molecule has 0 aromatic carbocycles.